The number of hydrogen-bond acceptors (Lipinski definition) is 4. The van der Waals surface area contributed by atoms with Gasteiger partial charge < -0.3 is 10.6 Å². The van der Waals surface area contributed by atoms with Crippen molar-refractivity contribution < 1.29 is 8.42 Å². The Balaban J connectivity index is 2.66. The molecular formula is C15H27N3O2S. The quantitative estimate of drug-likeness (QED) is 0.674. The highest BCUT2D eigenvalue weighted by molar-refractivity contribution is 7.89. The van der Waals surface area contributed by atoms with E-state index in [2.05, 4.69) is 9.62 Å². The Kier molecular flexibility index (Phi) is 7.31. The third-order valence-electron chi connectivity index (χ3n) is 3.41. The standard InChI is InChI=1S/C15H27N3O2S/c1-4-13-7-8-15(11-14(13)12-16)21(19,20)17-9-5-6-10-18(2)3/h7-8,11,17H,4-6,9-10,12,16H2,1-3H3. The lowest BCUT2D eigenvalue weighted by Crippen LogP contribution is -2.26. The van der Waals surface area contributed by atoms with Crippen LogP contribution >= 0.6 is 0 Å². The molecule has 1 aromatic carbocycles. The monoisotopic (exact) mass is 313 g/mol. The van der Waals surface area contributed by atoms with E-state index in [4.69, 9.17) is 5.73 Å². The van der Waals surface area contributed by atoms with E-state index in [1.165, 1.54) is 0 Å². The largest absolute Gasteiger partial charge is 0.326 e. The van der Waals surface area contributed by atoms with Crippen molar-refractivity contribution in [2.45, 2.75) is 37.6 Å². The van der Waals surface area contributed by atoms with Crippen LogP contribution in [0.5, 0.6) is 0 Å². The van der Waals surface area contributed by atoms with Crippen molar-refractivity contribution in [3.05, 3.63) is 29.3 Å². The van der Waals surface area contributed by atoms with Crippen LogP contribution in [0.15, 0.2) is 23.1 Å². The van der Waals surface area contributed by atoms with Crippen LogP contribution in [0.1, 0.15) is 30.9 Å². The molecule has 21 heavy (non-hydrogen) atoms. The zero-order valence-electron chi connectivity index (χ0n) is 13.2. The van der Waals surface area contributed by atoms with Gasteiger partial charge in [-0.25, -0.2) is 13.1 Å². The van der Waals surface area contributed by atoms with Crippen molar-refractivity contribution >= 4 is 10.0 Å². The molecule has 0 amide bonds. The molecule has 0 aliphatic heterocycles. The lowest BCUT2D eigenvalue weighted by Gasteiger charge is -2.12. The number of unbranched alkanes of at least 4 members (excludes halogenated alkanes) is 1. The van der Waals surface area contributed by atoms with Gasteiger partial charge in [0.25, 0.3) is 0 Å². The van der Waals surface area contributed by atoms with Crippen molar-refractivity contribution in [1.29, 1.82) is 0 Å². The van der Waals surface area contributed by atoms with Crippen molar-refractivity contribution in [2.75, 3.05) is 27.2 Å². The molecule has 0 bridgehead atoms. The normalized spacial score (nSPS) is 12.0. The van der Waals surface area contributed by atoms with Gasteiger partial charge in [-0.1, -0.05) is 13.0 Å². The predicted molar refractivity (Wildman–Crippen MR) is 86.7 cm³/mol. The number of rotatable bonds is 9. The first-order chi connectivity index (χ1) is 9.90. The summed E-state index contributed by atoms with van der Waals surface area (Å²) in [7, 11) is 0.578. The van der Waals surface area contributed by atoms with Gasteiger partial charge in [0, 0.05) is 13.1 Å². The molecular weight excluding hydrogens is 286 g/mol. The topological polar surface area (TPSA) is 75.4 Å². The minimum absolute atomic E-state index is 0.299. The summed E-state index contributed by atoms with van der Waals surface area (Å²) >= 11 is 0. The summed E-state index contributed by atoms with van der Waals surface area (Å²) in [6, 6.07) is 5.18. The first-order valence-electron chi connectivity index (χ1n) is 7.37. The zero-order valence-corrected chi connectivity index (χ0v) is 14.0. The summed E-state index contributed by atoms with van der Waals surface area (Å²) in [6.45, 7) is 3.81. The highest BCUT2D eigenvalue weighted by atomic mass is 32.2. The second-order valence-corrected chi connectivity index (χ2v) is 7.16. The molecule has 1 rings (SSSR count). The molecule has 6 heteroatoms. The summed E-state index contributed by atoms with van der Waals surface area (Å²) in [5.41, 5.74) is 7.68. The van der Waals surface area contributed by atoms with E-state index in [1.54, 1.807) is 12.1 Å². The van der Waals surface area contributed by atoms with Gasteiger partial charge in [0.2, 0.25) is 10.0 Å². The van der Waals surface area contributed by atoms with Crippen molar-refractivity contribution in [3.8, 4) is 0 Å². The van der Waals surface area contributed by atoms with E-state index in [0.29, 0.717) is 18.0 Å². The van der Waals surface area contributed by atoms with Gasteiger partial charge in [0.15, 0.2) is 0 Å². The first-order valence-corrected chi connectivity index (χ1v) is 8.85. The molecule has 0 saturated carbocycles. The smallest absolute Gasteiger partial charge is 0.240 e. The second-order valence-electron chi connectivity index (χ2n) is 5.40. The fourth-order valence-corrected chi connectivity index (χ4v) is 3.27. The number of nitrogens with one attached hydrogen (secondary N) is 1. The Morgan fingerprint density at radius 2 is 1.90 bits per heavy atom. The van der Waals surface area contributed by atoms with Crippen LogP contribution in [0.4, 0.5) is 0 Å². The van der Waals surface area contributed by atoms with Crippen LogP contribution in [0.2, 0.25) is 0 Å². The molecule has 0 unspecified atom stereocenters. The molecule has 0 aliphatic carbocycles. The lowest BCUT2D eigenvalue weighted by atomic mass is 10.1. The molecule has 0 atom stereocenters. The van der Waals surface area contributed by atoms with E-state index >= 15 is 0 Å². The fraction of sp³-hybridized carbons (Fsp3) is 0.600. The van der Waals surface area contributed by atoms with Gasteiger partial charge in [0.1, 0.15) is 0 Å². The molecule has 0 fully saturated rings. The number of nitrogens with two attached hydrogens (primary N) is 1. The Labute approximate surface area is 128 Å². The number of sulfonamides is 1. The fourth-order valence-electron chi connectivity index (χ4n) is 2.15. The highest BCUT2D eigenvalue weighted by Gasteiger charge is 2.14. The Bertz CT molecular complexity index is 542. The molecule has 0 heterocycles. The van der Waals surface area contributed by atoms with Crippen LogP contribution in [0, 0.1) is 0 Å². The van der Waals surface area contributed by atoms with Gasteiger partial charge in [0.05, 0.1) is 4.90 Å². The van der Waals surface area contributed by atoms with E-state index in [0.717, 1.165) is 36.9 Å². The Hall–Kier alpha value is -0.950. The van der Waals surface area contributed by atoms with Gasteiger partial charge in [-0.15, -0.1) is 0 Å². The van der Waals surface area contributed by atoms with Crippen LogP contribution in [0.3, 0.4) is 0 Å². The third-order valence-corrected chi connectivity index (χ3v) is 4.87. The Morgan fingerprint density at radius 3 is 2.48 bits per heavy atom. The highest BCUT2D eigenvalue weighted by Crippen LogP contribution is 2.16. The zero-order chi connectivity index (χ0) is 15.9. The van der Waals surface area contributed by atoms with E-state index in [1.807, 2.05) is 27.1 Å². The summed E-state index contributed by atoms with van der Waals surface area (Å²) in [5.74, 6) is 0. The molecule has 0 radical (unpaired) electrons. The van der Waals surface area contributed by atoms with E-state index < -0.39 is 10.0 Å². The maximum Gasteiger partial charge on any atom is 0.240 e. The van der Waals surface area contributed by atoms with E-state index in [-0.39, 0.29) is 0 Å². The average molecular weight is 313 g/mol. The number of benzene rings is 1. The van der Waals surface area contributed by atoms with Crippen LogP contribution in [-0.2, 0) is 23.0 Å². The summed E-state index contributed by atoms with van der Waals surface area (Å²) < 4.78 is 27.1. The summed E-state index contributed by atoms with van der Waals surface area (Å²) in [5, 5.41) is 0. The number of nitrogens with zero attached hydrogens (tertiary/aromatic N) is 1. The Morgan fingerprint density at radius 1 is 1.19 bits per heavy atom. The SMILES string of the molecule is CCc1ccc(S(=O)(=O)NCCCCN(C)C)cc1CN. The van der Waals surface area contributed by atoms with Gasteiger partial charge in [-0.2, -0.15) is 0 Å². The van der Waals surface area contributed by atoms with Crippen LogP contribution < -0.4 is 10.5 Å². The van der Waals surface area contributed by atoms with Crippen LogP contribution in [-0.4, -0.2) is 40.5 Å². The predicted octanol–water partition coefficient (Wildman–Crippen LogP) is 1.33. The molecule has 0 spiro atoms. The summed E-state index contributed by atoms with van der Waals surface area (Å²) in [4.78, 5) is 2.39. The van der Waals surface area contributed by atoms with E-state index in [9.17, 15) is 8.42 Å². The van der Waals surface area contributed by atoms with Crippen molar-refractivity contribution in [1.82, 2.24) is 9.62 Å². The molecule has 3 N–H and O–H groups in total. The maximum absolute atomic E-state index is 12.2. The minimum atomic E-state index is -3.44. The molecule has 1 aromatic rings. The van der Waals surface area contributed by atoms with Gasteiger partial charge in [-0.3, -0.25) is 0 Å². The molecule has 0 aromatic heterocycles. The lowest BCUT2D eigenvalue weighted by molar-refractivity contribution is 0.394. The van der Waals surface area contributed by atoms with Crippen LogP contribution in [0.25, 0.3) is 0 Å². The summed E-state index contributed by atoms with van der Waals surface area (Å²) in [6.07, 6.45) is 2.65. The average Bonchev–Trinajstić information content (AvgIpc) is 2.45. The first kappa shape index (κ1) is 18.1. The second kappa shape index (κ2) is 8.48. The molecule has 120 valence electrons. The number of hydrogen-bond donors (Lipinski definition) is 2. The number of aryl methyl sites for hydroxylation is 1. The van der Waals surface area contributed by atoms with Crippen molar-refractivity contribution in [2.24, 2.45) is 5.73 Å². The molecule has 5 nitrogen and oxygen atoms in total. The van der Waals surface area contributed by atoms with Gasteiger partial charge >= 0.3 is 0 Å². The minimum Gasteiger partial charge on any atom is -0.326 e. The molecule has 0 saturated heterocycles. The van der Waals surface area contributed by atoms with Crippen molar-refractivity contribution in [3.63, 3.8) is 0 Å². The molecule has 0 aliphatic rings. The third kappa shape index (κ3) is 5.74. The maximum atomic E-state index is 12.2. The van der Waals surface area contributed by atoms with Gasteiger partial charge in [-0.05, 0) is 63.2 Å².